The highest BCUT2D eigenvalue weighted by Crippen LogP contribution is 2.38. The number of fused-ring (bicyclic) bond motifs is 2. The number of rotatable bonds is 5. The molecule has 3 aromatic rings. The zero-order chi connectivity index (χ0) is 22.3. The molecule has 0 saturated carbocycles. The molecule has 0 bridgehead atoms. The van der Waals surface area contributed by atoms with Crippen LogP contribution in [0, 0.1) is 11.6 Å². The van der Waals surface area contributed by atoms with Crippen LogP contribution in [0.3, 0.4) is 0 Å². The molecule has 6 nitrogen and oxygen atoms in total. The molecular weight excluding hydrogens is 418 g/mol. The maximum Gasteiger partial charge on any atom is 0.278 e. The molecule has 1 aromatic carbocycles. The maximum absolute atomic E-state index is 13.9. The van der Waals surface area contributed by atoms with Gasteiger partial charge in [0.25, 0.3) is 12.3 Å². The molecule has 0 radical (unpaired) electrons. The molecule has 0 aliphatic carbocycles. The van der Waals surface area contributed by atoms with Gasteiger partial charge in [0.15, 0.2) is 11.6 Å². The average molecular weight is 437 g/mol. The third-order valence-corrected chi connectivity index (χ3v) is 5.33. The molecule has 1 atom stereocenters. The van der Waals surface area contributed by atoms with Crippen molar-refractivity contribution >= 4 is 11.6 Å². The highest BCUT2D eigenvalue weighted by atomic mass is 19.3. The van der Waals surface area contributed by atoms with Gasteiger partial charge in [-0.05, 0) is 25.1 Å². The smallest absolute Gasteiger partial charge is 0.278 e. The van der Waals surface area contributed by atoms with Crippen LogP contribution in [-0.4, -0.2) is 29.0 Å². The zero-order valence-electron chi connectivity index (χ0n) is 16.7. The van der Waals surface area contributed by atoms with Gasteiger partial charge in [-0.15, -0.1) is 0 Å². The van der Waals surface area contributed by atoms with E-state index >= 15 is 0 Å². The Kier molecular flexibility index (Phi) is 5.34. The van der Waals surface area contributed by atoms with Crippen LogP contribution in [0.1, 0.15) is 47.1 Å². The van der Waals surface area contributed by atoms with Crippen LogP contribution in [-0.2, 0) is 16.9 Å². The number of hydrogen-bond donors (Lipinski definition) is 1. The van der Waals surface area contributed by atoms with Crippen molar-refractivity contribution in [3.8, 4) is 5.75 Å². The molecule has 1 amide bonds. The number of nitrogens with one attached hydrogen (secondary N) is 1. The van der Waals surface area contributed by atoms with Gasteiger partial charge in [0.2, 0.25) is 0 Å². The lowest BCUT2D eigenvalue weighted by Gasteiger charge is -2.36. The van der Waals surface area contributed by atoms with Crippen molar-refractivity contribution in [1.29, 1.82) is 0 Å². The van der Waals surface area contributed by atoms with Crippen molar-refractivity contribution in [3.63, 3.8) is 0 Å². The van der Waals surface area contributed by atoms with Crippen LogP contribution >= 0.6 is 0 Å². The second kappa shape index (κ2) is 7.84. The number of hydrogen-bond acceptors (Lipinski definition) is 4. The van der Waals surface area contributed by atoms with Crippen molar-refractivity contribution < 1.29 is 31.8 Å². The van der Waals surface area contributed by atoms with Crippen molar-refractivity contribution in [2.45, 2.75) is 31.9 Å². The molecule has 1 aliphatic heterocycles. The summed E-state index contributed by atoms with van der Waals surface area (Å²) >= 11 is 0. The van der Waals surface area contributed by atoms with Gasteiger partial charge >= 0.3 is 0 Å². The normalized spacial score (nSPS) is 18.2. The van der Waals surface area contributed by atoms with Gasteiger partial charge in [-0.2, -0.15) is 0 Å². The number of methoxy groups -OCH3 is 1. The van der Waals surface area contributed by atoms with E-state index in [4.69, 9.17) is 9.47 Å². The standard InChI is InChI=1S/C21H19F4N3O3/c1-21(4-6-31-17-9-15(23)14(22)8-13(17)21)27-20(29)12-3-5-28-16(18(24)25)7-11(10-30-2)26-19(12)28/h3,5,7-9,18H,4,6,10H2,1-2H3,(H,27,29). The lowest BCUT2D eigenvalue weighted by atomic mass is 9.86. The van der Waals surface area contributed by atoms with Gasteiger partial charge in [0.05, 0.1) is 35.7 Å². The van der Waals surface area contributed by atoms with E-state index < -0.39 is 29.5 Å². The molecule has 0 fully saturated rings. The van der Waals surface area contributed by atoms with E-state index in [0.717, 1.165) is 16.5 Å². The first kappa shape index (κ1) is 21.1. The number of aromatic nitrogens is 2. The van der Waals surface area contributed by atoms with Crippen molar-refractivity contribution in [3.05, 3.63) is 64.6 Å². The van der Waals surface area contributed by atoms with Crippen LogP contribution in [0.15, 0.2) is 30.5 Å². The third kappa shape index (κ3) is 3.71. The number of ether oxygens (including phenoxy) is 2. The summed E-state index contributed by atoms with van der Waals surface area (Å²) < 4.78 is 66.1. The highest BCUT2D eigenvalue weighted by molar-refractivity contribution is 6.00. The first-order chi connectivity index (χ1) is 14.7. The van der Waals surface area contributed by atoms with E-state index in [1.54, 1.807) is 6.92 Å². The monoisotopic (exact) mass is 437 g/mol. The summed E-state index contributed by atoms with van der Waals surface area (Å²) in [6.07, 6.45) is -1.15. The summed E-state index contributed by atoms with van der Waals surface area (Å²) in [4.78, 5) is 17.4. The first-order valence-electron chi connectivity index (χ1n) is 9.46. The number of alkyl halides is 2. The fourth-order valence-electron chi connectivity index (χ4n) is 3.75. The number of halogens is 4. The molecule has 1 unspecified atom stereocenters. The minimum atomic E-state index is -2.79. The average Bonchev–Trinajstić information content (AvgIpc) is 3.13. The molecule has 1 aliphatic rings. The van der Waals surface area contributed by atoms with Crippen LogP contribution in [0.2, 0.25) is 0 Å². The Morgan fingerprint density at radius 1 is 1.32 bits per heavy atom. The Morgan fingerprint density at radius 3 is 2.77 bits per heavy atom. The largest absolute Gasteiger partial charge is 0.493 e. The number of nitrogens with zero attached hydrogens (tertiary/aromatic N) is 2. The highest BCUT2D eigenvalue weighted by Gasteiger charge is 2.37. The van der Waals surface area contributed by atoms with Gasteiger partial charge < -0.3 is 14.8 Å². The van der Waals surface area contributed by atoms with Crippen LogP contribution < -0.4 is 10.1 Å². The summed E-state index contributed by atoms with van der Waals surface area (Å²) in [5.74, 6) is -2.58. The zero-order valence-corrected chi connectivity index (χ0v) is 16.7. The van der Waals surface area contributed by atoms with E-state index in [9.17, 15) is 22.4 Å². The fraction of sp³-hybridized carbons (Fsp3) is 0.333. The minimum Gasteiger partial charge on any atom is -0.493 e. The topological polar surface area (TPSA) is 64.9 Å². The Bertz CT molecular complexity index is 1160. The first-order valence-corrected chi connectivity index (χ1v) is 9.46. The summed E-state index contributed by atoms with van der Waals surface area (Å²) in [6, 6.07) is 4.53. The number of carbonyl (C=O) groups excluding carboxylic acids is 1. The maximum atomic E-state index is 13.9. The summed E-state index contributed by atoms with van der Waals surface area (Å²) in [7, 11) is 1.41. The minimum absolute atomic E-state index is 0.00424. The number of amides is 1. The van der Waals surface area contributed by atoms with E-state index in [0.29, 0.717) is 6.42 Å². The van der Waals surface area contributed by atoms with Crippen LogP contribution in [0.5, 0.6) is 5.75 Å². The number of benzene rings is 1. The van der Waals surface area contributed by atoms with Crippen molar-refractivity contribution in [2.75, 3.05) is 13.7 Å². The van der Waals surface area contributed by atoms with Gasteiger partial charge in [0.1, 0.15) is 11.4 Å². The van der Waals surface area contributed by atoms with Crippen molar-refractivity contribution in [2.24, 2.45) is 0 Å². The second-order valence-corrected chi connectivity index (χ2v) is 7.48. The molecule has 1 N–H and O–H groups in total. The SMILES string of the molecule is COCc1cc(C(F)F)n2ccc(C(=O)NC3(C)CCOc4cc(F)c(F)cc43)c2n1. The van der Waals surface area contributed by atoms with Crippen LogP contribution in [0.4, 0.5) is 17.6 Å². The Morgan fingerprint density at radius 2 is 2.06 bits per heavy atom. The molecule has 164 valence electrons. The van der Waals surface area contributed by atoms with E-state index in [1.165, 1.54) is 25.4 Å². The number of carbonyl (C=O) groups is 1. The van der Waals surface area contributed by atoms with E-state index in [2.05, 4.69) is 10.3 Å². The van der Waals surface area contributed by atoms with Crippen molar-refractivity contribution in [1.82, 2.24) is 14.7 Å². The van der Waals surface area contributed by atoms with Gasteiger partial charge in [-0.3, -0.25) is 9.20 Å². The molecular formula is C21H19F4N3O3. The Balaban J connectivity index is 1.74. The summed E-state index contributed by atoms with van der Waals surface area (Å²) in [5, 5.41) is 2.81. The molecule has 31 heavy (non-hydrogen) atoms. The Hall–Kier alpha value is -3.14. The fourth-order valence-corrected chi connectivity index (χ4v) is 3.75. The molecule has 4 rings (SSSR count). The summed E-state index contributed by atoms with van der Waals surface area (Å²) in [5.41, 5.74) is -0.742. The molecule has 0 saturated heterocycles. The quantitative estimate of drug-likeness (QED) is 0.610. The van der Waals surface area contributed by atoms with Crippen LogP contribution in [0.25, 0.3) is 5.65 Å². The van der Waals surface area contributed by atoms with Gasteiger partial charge in [0, 0.05) is 31.4 Å². The van der Waals surface area contributed by atoms with Gasteiger partial charge in [-0.1, -0.05) is 0 Å². The lowest BCUT2D eigenvalue weighted by Crippen LogP contribution is -2.46. The predicted octanol–water partition coefficient (Wildman–Crippen LogP) is 4.12. The predicted molar refractivity (Wildman–Crippen MR) is 102 cm³/mol. The molecule has 3 heterocycles. The van der Waals surface area contributed by atoms with E-state index in [-0.39, 0.29) is 47.1 Å². The molecule has 2 aromatic heterocycles. The lowest BCUT2D eigenvalue weighted by molar-refractivity contribution is 0.0873. The van der Waals surface area contributed by atoms with E-state index in [1.807, 2.05) is 0 Å². The molecule has 10 heteroatoms. The second-order valence-electron chi connectivity index (χ2n) is 7.48. The third-order valence-electron chi connectivity index (χ3n) is 5.33. The Labute approximate surface area is 174 Å². The molecule has 0 spiro atoms. The summed E-state index contributed by atoms with van der Waals surface area (Å²) in [6.45, 7) is 1.84. The van der Waals surface area contributed by atoms with Gasteiger partial charge in [-0.25, -0.2) is 22.5 Å².